The summed E-state index contributed by atoms with van der Waals surface area (Å²) < 4.78 is 64.5. The SMILES string of the molecule is CS(=O)(=O)NCC1CCCN(c2ccc3nnc(C(F)(F)F)n3n2)C1. The zero-order valence-electron chi connectivity index (χ0n) is 13.4. The van der Waals surface area contributed by atoms with Gasteiger partial charge in [0.15, 0.2) is 5.65 Å². The molecule has 138 valence electrons. The molecule has 0 aliphatic carbocycles. The minimum atomic E-state index is -4.64. The number of aromatic nitrogens is 4. The standard InChI is InChI=1S/C13H17F3N6O2S/c1-25(23,24)17-7-9-3-2-6-21(8-9)11-5-4-10-18-19-12(13(14,15)16)22(10)20-11/h4-5,9,17H,2-3,6-8H2,1H3. The molecule has 0 radical (unpaired) electrons. The van der Waals surface area contributed by atoms with Gasteiger partial charge in [0.25, 0.3) is 5.82 Å². The third-order valence-electron chi connectivity index (χ3n) is 3.98. The molecule has 0 aromatic carbocycles. The van der Waals surface area contributed by atoms with Crippen molar-refractivity contribution >= 4 is 21.5 Å². The summed E-state index contributed by atoms with van der Waals surface area (Å²) in [6.07, 6.45) is -1.92. The first-order valence-corrected chi connectivity index (χ1v) is 9.52. The van der Waals surface area contributed by atoms with E-state index in [0.29, 0.717) is 23.4 Å². The Bertz CT molecular complexity index is 866. The van der Waals surface area contributed by atoms with Gasteiger partial charge in [-0.3, -0.25) is 0 Å². The molecule has 0 spiro atoms. The summed E-state index contributed by atoms with van der Waals surface area (Å²) in [4.78, 5) is 1.84. The molecule has 3 rings (SSSR count). The van der Waals surface area contributed by atoms with E-state index in [2.05, 4.69) is 20.0 Å². The van der Waals surface area contributed by atoms with Crippen LogP contribution in [0.1, 0.15) is 18.7 Å². The van der Waals surface area contributed by atoms with Crippen molar-refractivity contribution < 1.29 is 21.6 Å². The van der Waals surface area contributed by atoms with Crippen LogP contribution in [-0.4, -0.2) is 54.1 Å². The minimum absolute atomic E-state index is 0.0170. The summed E-state index contributed by atoms with van der Waals surface area (Å²) in [5.74, 6) is -0.734. The van der Waals surface area contributed by atoms with Gasteiger partial charge < -0.3 is 4.90 Å². The number of nitrogens with one attached hydrogen (secondary N) is 1. The van der Waals surface area contributed by atoms with Gasteiger partial charge in [-0.05, 0) is 30.9 Å². The lowest BCUT2D eigenvalue weighted by atomic mass is 9.98. The van der Waals surface area contributed by atoms with Crippen molar-refractivity contribution in [1.82, 2.24) is 24.5 Å². The molecule has 1 saturated heterocycles. The third-order valence-corrected chi connectivity index (χ3v) is 4.67. The van der Waals surface area contributed by atoms with Gasteiger partial charge in [0.2, 0.25) is 10.0 Å². The summed E-state index contributed by atoms with van der Waals surface area (Å²) in [5, 5.41) is 10.7. The van der Waals surface area contributed by atoms with Crippen LogP contribution >= 0.6 is 0 Å². The number of halogens is 3. The molecule has 1 fully saturated rings. The molecule has 2 aromatic rings. The van der Waals surface area contributed by atoms with Gasteiger partial charge in [-0.1, -0.05) is 0 Å². The number of anilines is 1. The highest BCUT2D eigenvalue weighted by molar-refractivity contribution is 7.88. The van der Waals surface area contributed by atoms with Crippen LogP contribution in [-0.2, 0) is 16.2 Å². The molecule has 0 amide bonds. The van der Waals surface area contributed by atoms with Gasteiger partial charge in [0.05, 0.1) is 6.26 Å². The van der Waals surface area contributed by atoms with E-state index in [1.807, 2.05) is 4.90 Å². The molecule has 12 heteroatoms. The van der Waals surface area contributed by atoms with Crippen LogP contribution in [0.4, 0.5) is 19.0 Å². The number of piperidine rings is 1. The Kier molecular flexibility index (Phi) is 4.58. The topological polar surface area (TPSA) is 92.5 Å². The van der Waals surface area contributed by atoms with Crippen molar-refractivity contribution in [2.24, 2.45) is 5.92 Å². The molecule has 3 heterocycles. The largest absolute Gasteiger partial charge is 0.453 e. The fourth-order valence-electron chi connectivity index (χ4n) is 2.83. The highest BCUT2D eigenvalue weighted by Crippen LogP contribution is 2.28. The molecule has 8 nitrogen and oxygen atoms in total. The number of fused-ring (bicyclic) bond motifs is 1. The van der Waals surface area contributed by atoms with Crippen LogP contribution in [0.5, 0.6) is 0 Å². The monoisotopic (exact) mass is 378 g/mol. The first kappa shape index (κ1) is 17.9. The van der Waals surface area contributed by atoms with E-state index in [1.54, 1.807) is 6.07 Å². The van der Waals surface area contributed by atoms with E-state index in [-0.39, 0.29) is 18.1 Å². The van der Waals surface area contributed by atoms with Crippen LogP contribution in [0.3, 0.4) is 0 Å². The quantitative estimate of drug-likeness (QED) is 0.850. The zero-order chi connectivity index (χ0) is 18.2. The molecule has 2 aromatic heterocycles. The number of hydrogen-bond acceptors (Lipinski definition) is 6. The Labute approximate surface area is 142 Å². The maximum absolute atomic E-state index is 13.0. The number of alkyl halides is 3. The van der Waals surface area contributed by atoms with Gasteiger partial charge >= 0.3 is 6.18 Å². The molecule has 1 atom stereocenters. The van der Waals surface area contributed by atoms with E-state index in [9.17, 15) is 21.6 Å². The average Bonchev–Trinajstić information content (AvgIpc) is 2.96. The van der Waals surface area contributed by atoms with Crippen molar-refractivity contribution in [3.05, 3.63) is 18.0 Å². The minimum Gasteiger partial charge on any atom is -0.355 e. The molecule has 0 bridgehead atoms. The Balaban J connectivity index is 1.81. The summed E-state index contributed by atoms with van der Waals surface area (Å²) in [6.45, 7) is 1.43. The maximum atomic E-state index is 13.0. The van der Waals surface area contributed by atoms with E-state index in [4.69, 9.17) is 0 Å². The second-order valence-electron chi connectivity index (χ2n) is 6.06. The predicted octanol–water partition coefficient (Wildman–Crippen LogP) is 0.909. The van der Waals surface area contributed by atoms with Gasteiger partial charge in [0, 0.05) is 19.6 Å². The van der Waals surface area contributed by atoms with Crippen LogP contribution in [0, 0.1) is 5.92 Å². The van der Waals surface area contributed by atoms with Gasteiger partial charge in [-0.25, -0.2) is 13.1 Å². The second-order valence-corrected chi connectivity index (χ2v) is 7.89. The third kappa shape index (κ3) is 4.18. The average molecular weight is 378 g/mol. The van der Waals surface area contributed by atoms with Gasteiger partial charge in [0.1, 0.15) is 5.82 Å². The lowest BCUT2D eigenvalue weighted by Crippen LogP contribution is -2.41. The molecule has 1 aliphatic rings. The van der Waals surface area contributed by atoms with Crippen LogP contribution < -0.4 is 9.62 Å². The van der Waals surface area contributed by atoms with E-state index >= 15 is 0 Å². The summed E-state index contributed by atoms with van der Waals surface area (Å²) >= 11 is 0. The molecule has 0 saturated carbocycles. The molecular weight excluding hydrogens is 361 g/mol. The van der Waals surface area contributed by atoms with Crippen molar-refractivity contribution in [3.8, 4) is 0 Å². The van der Waals surface area contributed by atoms with E-state index in [0.717, 1.165) is 19.1 Å². The van der Waals surface area contributed by atoms with E-state index in [1.165, 1.54) is 6.07 Å². The van der Waals surface area contributed by atoms with Crippen molar-refractivity contribution in [3.63, 3.8) is 0 Å². The van der Waals surface area contributed by atoms with Crippen LogP contribution in [0.15, 0.2) is 12.1 Å². The van der Waals surface area contributed by atoms with E-state index < -0.39 is 22.0 Å². The summed E-state index contributed by atoms with van der Waals surface area (Å²) in [6, 6.07) is 3.03. The number of hydrogen-bond donors (Lipinski definition) is 1. The second kappa shape index (κ2) is 6.41. The smallest absolute Gasteiger partial charge is 0.355 e. The Morgan fingerprint density at radius 2 is 2.08 bits per heavy atom. The first-order valence-electron chi connectivity index (χ1n) is 7.63. The lowest BCUT2D eigenvalue weighted by molar-refractivity contribution is -0.146. The Morgan fingerprint density at radius 1 is 1.32 bits per heavy atom. The lowest BCUT2D eigenvalue weighted by Gasteiger charge is -2.33. The Hall–Kier alpha value is -1.95. The summed E-state index contributed by atoms with van der Waals surface area (Å²) in [5.41, 5.74) is 0.0170. The first-order chi connectivity index (χ1) is 11.6. The highest BCUT2D eigenvalue weighted by atomic mass is 32.2. The van der Waals surface area contributed by atoms with Gasteiger partial charge in [-0.2, -0.15) is 17.7 Å². The molecule has 1 N–H and O–H groups in total. The van der Waals surface area contributed by atoms with Gasteiger partial charge in [-0.15, -0.1) is 15.3 Å². The molecular formula is C13H17F3N6O2S. The zero-order valence-corrected chi connectivity index (χ0v) is 14.2. The fourth-order valence-corrected chi connectivity index (χ4v) is 3.37. The van der Waals surface area contributed by atoms with Crippen molar-refractivity contribution in [2.45, 2.75) is 19.0 Å². The van der Waals surface area contributed by atoms with Crippen LogP contribution in [0.25, 0.3) is 5.65 Å². The van der Waals surface area contributed by atoms with Crippen LogP contribution in [0.2, 0.25) is 0 Å². The normalized spacial score (nSPS) is 19.5. The number of nitrogens with zero attached hydrogens (tertiary/aromatic N) is 5. The predicted molar refractivity (Wildman–Crippen MR) is 83.6 cm³/mol. The van der Waals surface area contributed by atoms with Crippen molar-refractivity contribution in [2.75, 3.05) is 30.8 Å². The fraction of sp³-hybridized carbons (Fsp3) is 0.615. The molecule has 1 aliphatic heterocycles. The van der Waals surface area contributed by atoms with Crippen molar-refractivity contribution in [1.29, 1.82) is 0 Å². The maximum Gasteiger partial charge on any atom is 0.453 e. The molecule has 25 heavy (non-hydrogen) atoms. The Morgan fingerprint density at radius 3 is 2.76 bits per heavy atom. The number of rotatable bonds is 4. The molecule has 1 unspecified atom stereocenters. The summed E-state index contributed by atoms with van der Waals surface area (Å²) in [7, 11) is -3.28. The number of sulfonamides is 1. The highest BCUT2D eigenvalue weighted by Gasteiger charge is 2.38.